The maximum atomic E-state index is 6.20. The topological polar surface area (TPSA) is 39.4 Å². The average molecular weight is 328 g/mol. The van der Waals surface area contributed by atoms with Crippen molar-refractivity contribution in [2.45, 2.75) is 6.92 Å². The number of rotatable bonds is 0. The molecular formula is C21H14NO3+. The van der Waals surface area contributed by atoms with Crippen LogP contribution in [0.4, 0.5) is 0 Å². The number of pyridine rings is 1. The molecule has 0 N–H and O–H groups in total. The number of nitrogens with zero attached hydrogens (tertiary/aromatic N) is 1. The third-order valence-electron chi connectivity index (χ3n) is 5.15. The van der Waals surface area contributed by atoms with Gasteiger partial charge < -0.3 is 13.6 Å². The number of para-hydroxylation sites is 1. The second-order valence-electron chi connectivity index (χ2n) is 6.57. The largest absolute Gasteiger partial charge is 0.460 e. The molecule has 0 spiro atoms. The van der Waals surface area contributed by atoms with Crippen molar-refractivity contribution in [3.05, 3.63) is 54.4 Å². The summed E-state index contributed by atoms with van der Waals surface area (Å²) >= 11 is 0. The smallest absolute Gasteiger partial charge is 0.231 e. The molecule has 0 aliphatic carbocycles. The summed E-state index contributed by atoms with van der Waals surface area (Å²) in [6, 6.07) is 12.2. The summed E-state index contributed by atoms with van der Waals surface area (Å²) in [4.78, 5) is 0. The van der Waals surface area contributed by atoms with Crippen molar-refractivity contribution in [2.75, 3.05) is 0 Å². The molecule has 0 bridgehead atoms. The van der Waals surface area contributed by atoms with E-state index in [2.05, 4.69) is 23.6 Å². The number of hydrogen-bond donors (Lipinski definition) is 0. The van der Waals surface area contributed by atoms with Crippen LogP contribution in [-0.4, -0.2) is 0 Å². The van der Waals surface area contributed by atoms with Crippen LogP contribution in [0.5, 0.6) is 11.5 Å². The lowest BCUT2D eigenvalue weighted by Crippen LogP contribution is -2.31. The first-order valence-electron chi connectivity index (χ1n) is 8.25. The van der Waals surface area contributed by atoms with E-state index in [-0.39, 0.29) is 0 Å². The van der Waals surface area contributed by atoms with Crippen molar-refractivity contribution in [1.82, 2.24) is 0 Å². The number of aromatic nitrogens is 1. The second-order valence-corrected chi connectivity index (χ2v) is 6.57. The van der Waals surface area contributed by atoms with Crippen molar-refractivity contribution in [1.29, 1.82) is 0 Å². The molecule has 0 radical (unpaired) electrons. The number of ether oxygens (including phenoxy) is 1. The SMILES string of the molecule is Cc1c2c(cc3c1oc1ccccc13)Oc1coc3cc[n+](C)c-2c13. The predicted molar refractivity (Wildman–Crippen MR) is 94.9 cm³/mol. The van der Waals surface area contributed by atoms with Gasteiger partial charge in [0.15, 0.2) is 17.5 Å². The van der Waals surface area contributed by atoms with Gasteiger partial charge in [-0.05, 0) is 19.1 Å². The van der Waals surface area contributed by atoms with Gasteiger partial charge in [-0.25, -0.2) is 0 Å². The monoisotopic (exact) mass is 328 g/mol. The fourth-order valence-corrected chi connectivity index (χ4v) is 4.00. The number of aryl methyl sites for hydroxylation is 2. The van der Waals surface area contributed by atoms with E-state index in [4.69, 9.17) is 13.6 Å². The van der Waals surface area contributed by atoms with Crippen LogP contribution < -0.4 is 9.30 Å². The van der Waals surface area contributed by atoms with Gasteiger partial charge in [-0.2, -0.15) is 4.57 Å². The van der Waals surface area contributed by atoms with Gasteiger partial charge in [0.2, 0.25) is 5.69 Å². The molecule has 120 valence electrons. The first kappa shape index (κ1) is 13.1. The number of fused-ring (bicyclic) bond motifs is 5. The summed E-state index contributed by atoms with van der Waals surface area (Å²) in [6.45, 7) is 2.09. The lowest BCUT2D eigenvalue weighted by molar-refractivity contribution is -0.659. The highest BCUT2D eigenvalue weighted by atomic mass is 16.5. The normalized spacial score (nSPS) is 12.7. The van der Waals surface area contributed by atoms with Gasteiger partial charge in [0, 0.05) is 22.4 Å². The lowest BCUT2D eigenvalue weighted by atomic mass is 9.96. The molecule has 4 nitrogen and oxygen atoms in total. The molecule has 0 unspecified atom stereocenters. The second kappa shape index (κ2) is 4.22. The lowest BCUT2D eigenvalue weighted by Gasteiger charge is -2.17. The van der Waals surface area contributed by atoms with Gasteiger partial charge in [0.05, 0.1) is 5.56 Å². The molecule has 0 saturated heterocycles. The molecule has 0 amide bonds. The highest BCUT2D eigenvalue weighted by Gasteiger charge is 2.33. The summed E-state index contributed by atoms with van der Waals surface area (Å²) < 4.78 is 20.2. The van der Waals surface area contributed by atoms with Crippen LogP contribution >= 0.6 is 0 Å². The molecular weight excluding hydrogens is 314 g/mol. The van der Waals surface area contributed by atoms with Crippen LogP contribution in [0, 0.1) is 6.92 Å². The van der Waals surface area contributed by atoms with E-state index in [1.165, 1.54) is 0 Å². The van der Waals surface area contributed by atoms with E-state index < -0.39 is 0 Å². The van der Waals surface area contributed by atoms with Crippen molar-refractivity contribution >= 4 is 32.9 Å². The van der Waals surface area contributed by atoms with Gasteiger partial charge >= 0.3 is 0 Å². The minimum Gasteiger partial charge on any atom is -0.460 e. The van der Waals surface area contributed by atoms with Crippen LogP contribution in [0.15, 0.2) is 57.7 Å². The molecule has 0 fully saturated rings. The Kier molecular flexibility index (Phi) is 2.21. The Hall–Kier alpha value is -3.27. The Morgan fingerprint density at radius 2 is 1.84 bits per heavy atom. The highest BCUT2D eigenvalue weighted by molar-refractivity contribution is 6.10. The summed E-state index contributed by atoms with van der Waals surface area (Å²) in [5.41, 5.74) is 5.88. The summed E-state index contributed by atoms with van der Waals surface area (Å²) in [5, 5.41) is 3.19. The first-order valence-corrected chi connectivity index (χ1v) is 8.25. The Bertz CT molecular complexity index is 1340. The van der Waals surface area contributed by atoms with Crippen molar-refractivity contribution in [3.8, 4) is 22.8 Å². The first-order chi connectivity index (χ1) is 12.2. The van der Waals surface area contributed by atoms with Crippen LogP contribution in [0.1, 0.15) is 5.56 Å². The van der Waals surface area contributed by atoms with Crippen LogP contribution in [0.2, 0.25) is 0 Å². The Balaban J connectivity index is 1.83. The molecule has 6 rings (SSSR count). The fraction of sp³-hybridized carbons (Fsp3) is 0.0952. The van der Waals surface area contributed by atoms with Gasteiger partial charge in [-0.3, -0.25) is 0 Å². The van der Waals surface area contributed by atoms with E-state index in [0.29, 0.717) is 0 Å². The molecule has 1 aliphatic heterocycles. The van der Waals surface area contributed by atoms with E-state index >= 15 is 0 Å². The van der Waals surface area contributed by atoms with Gasteiger partial charge in [-0.1, -0.05) is 18.2 Å². The standard InChI is InChI=1S/C21H14NO3/c1-11-18-16(9-13-12-5-3-4-6-14(12)25-21(11)13)24-17-10-23-15-7-8-22(2)20(18)19(15)17/h3-10H,1-2H3/q+1. The van der Waals surface area contributed by atoms with Gasteiger partial charge in [0.25, 0.3) is 0 Å². The predicted octanol–water partition coefficient (Wildman–Crippen LogP) is 5.24. The van der Waals surface area contributed by atoms with E-state index in [0.717, 1.165) is 61.2 Å². The van der Waals surface area contributed by atoms with E-state index in [1.54, 1.807) is 6.26 Å². The zero-order valence-corrected chi connectivity index (χ0v) is 13.8. The maximum absolute atomic E-state index is 6.20. The van der Waals surface area contributed by atoms with Crippen LogP contribution in [-0.2, 0) is 7.05 Å². The molecule has 5 aromatic rings. The molecule has 2 aromatic carbocycles. The number of furan rings is 2. The fourth-order valence-electron chi connectivity index (χ4n) is 4.00. The molecule has 1 aliphatic rings. The number of benzene rings is 2. The summed E-state index contributed by atoms with van der Waals surface area (Å²) in [6.07, 6.45) is 3.70. The summed E-state index contributed by atoms with van der Waals surface area (Å²) in [5.74, 6) is 1.61. The quantitative estimate of drug-likeness (QED) is 0.358. The number of hydrogen-bond acceptors (Lipinski definition) is 3. The van der Waals surface area contributed by atoms with Crippen LogP contribution in [0.3, 0.4) is 0 Å². The zero-order chi connectivity index (χ0) is 16.7. The Labute approximate surface area is 142 Å². The van der Waals surface area contributed by atoms with Crippen molar-refractivity contribution in [3.63, 3.8) is 0 Å². The third kappa shape index (κ3) is 1.50. The van der Waals surface area contributed by atoms with Gasteiger partial charge in [0.1, 0.15) is 35.6 Å². The Morgan fingerprint density at radius 3 is 2.76 bits per heavy atom. The Morgan fingerprint density at radius 1 is 0.960 bits per heavy atom. The minimum absolute atomic E-state index is 0.764. The summed E-state index contributed by atoms with van der Waals surface area (Å²) in [7, 11) is 2.04. The zero-order valence-electron chi connectivity index (χ0n) is 13.8. The molecule has 4 heteroatoms. The maximum Gasteiger partial charge on any atom is 0.231 e. The van der Waals surface area contributed by atoms with E-state index in [1.807, 2.05) is 37.5 Å². The highest BCUT2D eigenvalue weighted by Crippen LogP contribution is 2.49. The molecule has 0 atom stereocenters. The third-order valence-corrected chi connectivity index (χ3v) is 5.15. The van der Waals surface area contributed by atoms with E-state index in [9.17, 15) is 0 Å². The van der Waals surface area contributed by atoms with Gasteiger partial charge in [-0.15, -0.1) is 0 Å². The minimum atomic E-state index is 0.764. The molecule has 25 heavy (non-hydrogen) atoms. The van der Waals surface area contributed by atoms with Crippen molar-refractivity contribution in [2.24, 2.45) is 7.05 Å². The molecule has 0 saturated carbocycles. The van der Waals surface area contributed by atoms with Crippen LogP contribution in [0.25, 0.3) is 44.2 Å². The molecule has 4 heterocycles. The van der Waals surface area contributed by atoms with Crippen molar-refractivity contribution < 1.29 is 18.1 Å². The molecule has 3 aromatic heterocycles. The average Bonchev–Trinajstić information content (AvgIpc) is 3.20.